The second-order valence-corrected chi connectivity index (χ2v) is 4.30. The van der Waals surface area contributed by atoms with E-state index in [2.05, 4.69) is 17.2 Å². The lowest BCUT2D eigenvalue weighted by atomic mass is 10.0. The first-order valence-corrected chi connectivity index (χ1v) is 6.18. The second-order valence-electron chi connectivity index (χ2n) is 4.30. The molecule has 0 aromatic heterocycles. The van der Waals surface area contributed by atoms with Crippen LogP contribution >= 0.6 is 0 Å². The number of hydrogen-bond donors (Lipinski definition) is 2. The Morgan fingerprint density at radius 2 is 2.47 bits per heavy atom. The highest BCUT2D eigenvalue weighted by Crippen LogP contribution is 2.34. The molecule has 0 fully saturated rings. The third-order valence-electron chi connectivity index (χ3n) is 2.92. The maximum atomic E-state index is 11.6. The Morgan fingerprint density at radius 3 is 3.21 bits per heavy atom. The Morgan fingerprint density at radius 1 is 1.63 bits per heavy atom. The molecule has 0 bridgehead atoms. The summed E-state index contributed by atoms with van der Waals surface area (Å²) in [5.41, 5.74) is 1.04. The van der Waals surface area contributed by atoms with Crippen LogP contribution in [0.15, 0.2) is 30.9 Å². The quantitative estimate of drug-likeness (QED) is 0.808. The Balaban J connectivity index is 1.98. The molecule has 1 atom stereocenters. The van der Waals surface area contributed by atoms with Gasteiger partial charge in [-0.15, -0.1) is 6.58 Å². The molecular weight excluding hydrogens is 244 g/mol. The van der Waals surface area contributed by atoms with Crippen molar-refractivity contribution in [3.63, 3.8) is 0 Å². The van der Waals surface area contributed by atoms with E-state index in [4.69, 9.17) is 9.47 Å². The molecule has 1 aromatic carbocycles. The number of rotatable bonds is 4. The van der Waals surface area contributed by atoms with Crippen LogP contribution < -0.4 is 20.1 Å². The van der Waals surface area contributed by atoms with Crippen molar-refractivity contribution in [2.75, 3.05) is 20.3 Å². The lowest BCUT2D eigenvalue weighted by Crippen LogP contribution is -2.47. The molecule has 0 spiro atoms. The van der Waals surface area contributed by atoms with E-state index < -0.39 is 0 Å². The molecule has 0 aliphatic carbocycles. The third kappa shape index (κ3) is 3.19. The maximum absolute atomic E-state index is 11.6. The van der Waals surface area contributed by atoms with Crippen molar-refractivity contribution in [3.8, 4) is 11.5 Å². The molecule has 0 saturated carbocycles. The van der Waals surface area contributed by atoms with Crippen LogP contribution in [0.25, 0.3) is 0 Å². The number of nitrogens with one attached hydrogen (secondary N) is 2. The van der Waals surface area contributed by atoms with E-state index in [1.54, 1.807) is 13.2 Å². The topological polar surface area (TPSA) is 59.6 Å². The summed E-state index contributed by atoms with van der Waals surface area (Å²) in [6, 6.07) is 5.52. The highest BCUT2D eigenvalue weighted by Gasteiger charge is 2.23. The average molecular weight is 262 g/mol. The van der Waals surface area contributed by atoms with Crippen molar-refractivity contribution in [3.05, 3.63) is 36.4 Å². The number of ether oxygens (including phenoxy) is 2. The minimum atomic E-state index is -0.208. The van der Waals surface area contributed by atoms with Crippen molar-refractivity contribution < 1.29 is 14.3 Å². The molecule has 0 unspecified atom stereocenters. The standard InChI is InChI=1S/C14H18N2O3/c1-3-7-15-14(17)16-11-8-10-5-4-6-12(18-2)13(10)19-9-11/h3-6,11H,1,7-9H2,2H3,(H2,15,16,17)/t11-/m0/s1. The fraction of sp³-hybridized carbons (Fsp3) is 0.357. The van der Waals surface area contributed by atoms with Crippen LogP contribution in [0.3, 0.4) is 0 Å². The Bertz CT molecular complexity index is 474. The highest BCUT2D eigenvalue weighted by molar-refractivity contribution is 5.74. The summed E-state index contributed by atoms with van der Waals surface area (Å²) in [5.74, 6) is 1.50. The van der Waals surface area contributed by atoms with Crippen LogP contribution in [0.2, 0.25) is 0 Å². The summed E-state index contributed by atoms with van der Waals surface area (Å²) in [6.45, 7) is 4.43. The SMILES string of the molecule is C=CCNC(=O)N[C@@H]1COc2c(cccc2OC)C1. The number of carbonyl (C=O) groups excluding carboxylic acids is 1. The first-order chi connectivity index (χ1) is 9.24. The van der Waals surface area contributed by atoms with Gasteiger partial charge in [0.1, 0.15) is 6.61 Å². The van der Waals surface area contributed by atoms with E-state index in [-0.39, 0.29) is 12.1 Å². The van der Waals surface area contributed by atoms with Gasteiger partial charge in [0.15, 0.2) is 11.5 Å². The molecule has 0 radical (unpaired) electrons. The van der Waals surface area contributed by atoms with Gasteiger partial charge in [0.25, 0.3) is 0 Å². The predicted octanol–water partition coefficient (Wildman–Crippen LogP) is 1.48. The monoisotopic (exact) mass is 262 g/mol. The van der Waals surface area contributed by atoms with E-state index in [1.807, 2.05) is 18.2 Å². The molecule has 1 aromatic rings. The van der Waals surface area contributed by atoms with E-state index in [0.717, 1.165) is 23.5 Å². The van der Waals surface area contributed by atoms with Crippen LogP contribution in [0, 0.1) is 0 Å². The summed E-state index contributed by atoms with van der Waals surface area (Å²) in [7, 11) is 1.62. The highest BCUT2D eigenvalue weighted by atomic mass is 16.5. The summed E-state index contributed by atoms with van der Waals surface area (Å²) in [5, 5.41) is 5.55. The minimum Gasteiger partial charge on any atom is -0.493 e. The van der Waals surface area contributed by atoms with Gasteiger partial charge in [0.05, 0.1) is 13.2 Å². The number of hydrogen-bond acceptors (Lipinski definition) is 3. The predicted molar refractivity (Wildman–Crippen MR) is 72.7 cm³/mol. The molecular formula is C14H18N2O3. The van der Waals surface area contributed by atoms with E-state index in [9.17, 15) is 4.79 Å². The first-order valence-electron chi connectivity index (χ1n) is 6.18. The minimum absolute atomic E-state index is 0.0376. The lowest BCUT2D eigenvalue weighted by molar-refractivity contribution is 0.211. The van der Waals surface area contributed by atoms with Gasteiger partial charge in [-0.3, -0.25) is 0 Å². The molecule has 5 heteroatoms. The normalized spacial score (nSPS) is 16.8. The number of urea groups is 1. The Kier molecular flexibility index (Phi) is 4.28. The molecule has 0 saturated heterocycles. The molecule has 1 aliphatic heterocycles. The largest absolute Gasteiger partial charge is 0.493 e. The number of fused-ring (bicyclic) bond motifs is 1. The first kappa shape index (κ1) is 13.3. The molecule has 2 rings (SSSR count). The van der Waals surface area contributed by atoms with E-state index in [1.165, 1.54) is 0 Å². The van der Waals surface area contributed by atoms with Crippen molar-refractivity contribution >= 4 is 6.03 Å². The fourth-order valence-corrected chi connectivity index (χ4v) is 2.05. The Hall–Kier alpha value is -2.17. The molecule has 19 heavy (non-hydrogen) atoms. The third-order valence-corrected chi connectivity index (χ3v) is 2.92. The molecule has 2 amide bonds. The smallest absolute Gasteiger partial charge is 0.315 e. The van der Waals surface area contributed by atoms with Crippen LogP contribution in [0.1, 0.15) is 5.56 Å². The van der Waals surface area contributed by atoms with Gasteiger partial charge in [-0.2, -0.15) is 0 Å². The van der Waals surface area contributed by atoms with Gasteiger partial charge < -0.3 is 20.1 Å². The lowest BCUT2D eigenvalue weighted by Gasteiger charge is -2.27. The summed E-state index contributed by atoms with van der Waals surface area (Å²) >= 11 is 0. The zero-order valence-electron chi connectivity index (χ0n) is 10.9. The zero-order chi connectivity index (χ0) is 13.7. The van der Waals surface area contributed by atoms with Crippen LogP contribution in [-0.4, -0.2) is 32.3 Å². The zero-order valence-corrected chi connectivity index (χ0v) is 10.9. The van der Waals surface area contributed by atoms with Gasteiger partial charge in [0.2, 0.25) is 0 Å². The van der Waals surface area contributed by atoms with Crippen molar-refractivity contribution in [2.45, 2.75) is 12.5 Å². The summed E-state index contributed by atoms with van der Waals surface area (Å²) in [4.78, 5) is 11.6. The van der Waals surface area contributed by atoms with Gasteiger partial charge >= 0.3 is 6.03 Å². The molecule has 1 aliphatic rings. The van der Waals surface area contributed by atoms with Crippen molar-refractivity contribution in [1.29, 1.82) is 0 Å². The number of methoxy groups -OCH3 is 1. The maximum Gasteiger partial charge on any atom is 0.315 e. The van der Waals surface area contributed by atoms with Gasteiger partial charge in [-0.1, -0.05) is 18.2 Å². The molecule has 5 nitrogen and oxygen atoms in total. The van der Waals surface area contributed by atoms with Crippen LogP contribution in [0.5, 0.6) is 11.5 Å². The number of carbonyl (C=O) groups is 1. The number of para-hydroxylation sites is 1. The fourth-order valence-electron chi connectivity index (χ4n) is 2.05. The molecule has 1 heterocycles. The second kappa shape index (κ2) is 6.13. The molecule has 102 valence electrons. The number of amides is 2. The van der Waals surface area contributed by atoms with Crippen molar-refractivity contribution in [2.24, 2.45) is 0 Å². The molecule has 2 N–H and O–H groups in total. The van der Waals surface area contributed by atoms with Crippen LogP contribution in [-0.2, 0) is 6.42 Å². The van der Waals surface area contributed by atoms with Crippen molar-refractivity contribution in [1.82, 2.24) is 10.6 Å². The van der Waals surface area contributed by atoms with Gasteiger partial charge in [0, 0.05) is 12.1 Å². The Labute approximate surface area is 112 Å². The summed E-state index contributed by atoms with van der Waals surface area (Å²) in [6.07, 6.45) is 2.37. The van der Waals surface area contributed by atoms with Gasteiger partial charge in [-0.25, -0.2) is 4.79 Å². The average Bonchev–Trinajstić information content (AvgIpc) is 2.44. The van der Waals surface area contributed by atoms with Gasteiger partial charge in [-0.05, 0) is 12.5 Å². The van der Waals surface area contributed by atoms with Crippen LogP contribution in [0.4, 0.5) is 4.79 Å². The number of benzene rings is 1. The van der Waals surface area contributed by atoms with E-state index >= 15 is 0 Å². The summed E-state index contributed by atoms with van der Waals surface area (Å²) < 4.78 is 10.9. The van der Waals surface area contributed by atoms with E-state index in [0.29, 0.717) is 13.2 Å².